The van der Waals surface area contributed by atoms with E-state index in [4.69, 9.17) is 10.5 Å². The van der Waals surface area contributed by atoms with Gasteiger partial charge >= 0.3 is 0 Å². The Hall–Kier alpha value is -3.24. The topological polar surface area (TPSA) is 123 Å². The van der Waals surface area contributed by atoms with E-state index in [1.54, 1.807) is 11.4 Å². The molecule has 1 aromatic carbocycles. The summed E-state index contributed by atoms with van der Waals surface area (Å²) in [6.07, 6.45) is 0.282. The minimum atomic E-state index is -0.606. The molecule has 150 valence electrons. The Kier molecular flexibility index (Phi) is 6.57. The molecule has 10 heteroatoms. The van der Waals surface area contributed by atoms with E-state index in [1.165, 1.54) is 41.9 Å². The lowest BCUT2D eigenvalue weighted by Crippen LogP contribution is -2.17. The molecule has 0 saturated heterocycles. The van der Waals surface area contributed by atoms with Gasteiger partial charge in [0, 0.05) is 15.8 Å². The van der Waals surface area contributed by atoms with Gasteiger partial charge in [0.15, 0.2) is 5.13 Å². The minimum absolute atomic E-state index is 0.00124. The Balaban J connectivity index is 1.59. The zero-order valence-corrected chi connectivity index (χ0v) is 17.1. The molecule has 0 spiro atoms. The van der Waals surface area contributed by atoms with E-state index in [9.17, 15) is 14.4 Å². The van der Waals surface area contributed by atoms with Crippen LogP contribution in [0.25, 0.3) is 0 Å². The maximum absolute atomic E-state index is 12.4. The number of primary amides is 1. The van der Waals surface area contributed by atoms with E-state index in [-0.39, 0.29) is 30.2 Å². The first-order chi connectivity index (χ1) is 13.9. The third-order valence-corrected chi connectivity index (χ3v) is 5.50. The summed E-state index contributed by atoms with van der Waals surface area (Å²) in [5.41, 5.74) is 6.39. The Bertz CT molecular complexity index is 1030. The SMILES string of the molecule is COc1ccc(C(N)=O)cc1NC(=O)Cc1csc(NC(=O)Cc2cccs2)n1. The molecule has 0 aliphatic carbocycles. The Morgan fingerprint density at radius 3 is 2.59 bits per heavy atom. The summed E-state index contributed by atoms with van der Waals surface area (Å²) in [4.78, 5) is 41.0. The number of hydrogen-bond donors (Lipinski definition) is 3. The number of carbonyl (C=O) groups excluding carboxylic acids is 3. The van der Waals surface area contributed by atoms with Gasteiger partial charge in [0.25, 0.3) is 0 Å². The minimum Gasteiger partial charge on any atom is -0.495 e. The van der Waals surface area contributed by atoms with E-state index in [1.807, 2.05) is 17.5 Å². The lowest BCUT2D eigenvalue weighted by atomic mass is 10.1. The molecule has 0 fully saturated rings. The number of hydrogen-bond acceptors (Lipinski definition) is 7. The monoisotopic (exact) mass is 430 g/mol. The Morgan fingerprint density at radius 2 is 1.90 bits per heavy atom. The predicted octanol–water partition coefficient (Wildman–Crippen LogP) is 2.67. The molecule has 4 N–H and O–H groups in total. The fraction of sp³-hybridized carbons (Fsp3) is 0.158. The number of nitrogens with zero attached hydrogens (tertiary/aromatic N) is 1. The van der Waals surface area contributed by atoms with Gasteiger partial charge in [0.1, 0.15) is 5.75 Å². The fourth-order valence-electron chi connectivity index (χ4n) is 2.50. The maximum atomic E-state index is 12.4. The van der Waals surface area contributed by atoms with Crippen molar-refractivity contribution in [3.8, 4) is 5.75 Å². The standard InChI is InChI=1S/C19H18N4O4S2/c1-27-15-5-4-11(18(20)26)7-14(15)22-16(24)8-12-10-29-19(21-12)23-17(25)9-13-3-2-6-28-13/h2-7,10H,8-9H2,1H3,(H2,20,26)(H,22,24)(H,21,23,25). The number of nitrogens with one attached hydrogen (secondary N) is 2. The van der Waals surface area contributed by atoms with Crippen LogP contribution in [0.5, 0.6) is 5.75 Å². The average Bonchev–Trinajstić information content (AvgIpc) is 3.33. The van der Waals surface area contributed by atoms with Gasteiger partial charge in [0.2, 0.25) is 17.7 Å². The molecule has 0 atom stereocenters. The molecule has 3 rings (SSSR count). The lowest BCUT2D eigenvalue weighted by molar-refractivity contribution is -0.116. The molecule has 0 aliphatic rings. The number of amides is 3. The summed E-state index contributed by atoms with van der Waals surface area (Å²) < 4.78 is 5.19. The second-order valence-corrected chi connectivity index (χ2v) is 7.84. The highest BCUT2D eigenvalue weighted by Gasteiger charge is 2.14. The second kappa shape index (κ2) is 9.30. The zero-order valence-electron chi connectivity index (χ0n) is 15.4. The normalized spacial score (nSPS) is 10.4. The number of anilines is 2. The molecule has 0 saturated carbocycles. The largest absolute Gasteiger partial charge is 0.495 e. The lowest BCUT2D eigenvalue weighted by Gasteiger charge is -2.10. The first-order valence-corrected chi connectivity index (χ1v) is 10.2. The Labute approximate surface area is 174 Å². The van der Waals surface area contributed by atoms with E-state index < -0.39 is 5.91 Å². The van der Waals surface area contributed by atoms with Crippen LogP contribution >= 0.6 is 22.7 Å². The van der Waals surface area contributed by atoms with Crippen molar-refractivity contribution in [2.24, 2.45) is 5.73 Å². The van der Waals surface area contributed by atoms with Crippen molar-refractivity contribution in [3.63, 3.8) is 0 Å². The van der Waals surface area contributed by atoms with E-state index in [0.717, 1.165) is 4.88 Å². The number of thiophene rings is 1. The molecule has 0 unspecified atom stereocenters. The van der Waals surface area contributed by atoms with Crippen molar-refractivity contribution < 1.29 is 19.1 Å². The molecule has 0 aliphatic heterocycles. The van der Waals surface area contributed by atoms with Gasteiger partial charge in [-0.3, -0.25) is 14.4 Å². The molecule has 8 nitrogen and oxygen atoms in total. The van der Waals surface area contributed by atoms with Crippen LogP contribution in [0.3, 0.4) is 0 Å². The van der Waals surface area contributed by atoms with Crippen LogP contribution in [-0.4, -0.2) is 29.8 Å². The summed E-state index contributed by atoms with van der Waals surface area (Å²) in [5, 5.41) is 9.48. The first-order valence-electron chi connectivity index (χ1n) is 8.49. The molecular weight excluding hydrogens is 412 g/mol. The van der Waals surface area contributed by atoms with Gasteiger partial charge in [0.05, 0.1) is 31.3 Å². The third-order valence-electron chi connectivity index (χ3n) is 3.81. The summed E-state index contributed by atoms with van der Waals surface area (Å²) in [6.45, 7) is 0. The molecule has 29 heavy (non-hydrogen) atoms. The maximum Gasteiger partial charge on any atom is 0.248 e. The molecule has 2 heterocycles. The van der Waals surface area contributed by atoms with Gasteiger partial charge in [-0.25, -0.2) is 4.98 Å². The summed E-state index contributed by atoms with van der Waals surface area (Å²) >= 11 is 2.76. The molecule has 0 bridgehead atoms. The molecular formula is C19H18N4O4S2. The third kappa shape index (κ3) is 5.62. The van der Waals surface area contributed by atoms with Crippen molar-refractivity contribution in [2.75, 3.05) is 17.7 Å². The number of rotatable bonds is 8. The van der Waals surface area contributed by atoms with Gasteiger partial charge < -0.3 is 21.1 Å². The van der Waals surface area contributed by atoms with Crippen LogP contribution in [0.15, 0.2) is 41.1 Å². The number of benzene rings is 1. The number of ether oxygens (including phenoxy) is 1. The fourth-order valence-corrected chi connectivity index (χ4v) is 3.93. The van der Waals surface area contributed by atoms with Gasteiger partial charge in [-0.15, -0.1) is 22.7 Å². The smallest absolute Gasteiger partial charge is 0.248 e. The van der Waals surface area contributed by atoms with Crippen molar-refractivity contribution in [1.82, 2.24) is 4.98 Å². The van der Waals surface area contributed by atoms with Crippen LogP contribution < -0.4 is 21.1 Å². The first kappa shape index (κ1) is 20.5. The van der Waals surface area contributed by atoms with Gasteiger partial charge in [-0.1, -0.05) is 6.07 Å². The van der Waals surface area contributed by atoms with E-state index in [2.05, 4.69) is 15.6 Å². The van der Waals surface area contributed by atoms with Gasteiger partial charge in [-0.2, -0.15) is 0 Å². The second-order valence-electron chi connectivity index (χ2n) is 5.95. The van der Waals surface area contributed by atoms with Crippen LogP contribution in [0.2, 0.25) is 0 Å². The summed E-state index contributed by atoms with van der Waals surface area (Å²) in [7, 11) is 1.46. The van der Waals surface area contributed by atoms with Crippen LogP contribution in [0.4, 0.5) is 10.8 Å². The molecule has 2 aromatic heterocycles. The molecule has 3 amide bonds. The highest BCUT2D eigenvalue weighted by atomic mass is 32.1. The number of methoxy groups -OCH3 is 1. The molecule has 0 radical (unpaired) electrons. The number of nitrogens with two attached hydrogens (primary N) is 1. The van der Waals surface area contributed by atoms with Crippen molar-refractivity contribution in [1.29, 1.82) is 0 Å². The zero-order chi connectivity index (χ0) is 20.8. The van der Waals surface area contributed by atoms with Crippen molar-refractivity contribution in [3.05, 3.63) is 57.2 Å². The highest BCUT2D eigenvalue weighted by Crippen LogP contribution is 2.26. The van der Waals surface area contributed by atoms with Gasteiger partial charge in [-0.05, 0) is 29.6 Å². The summed E-state index contributed by atoms with van der Waals surface area (Å²) in [6, 6.07) is 8.31. The van der Waals surface area contributed by atoms with Crippen LogP contribution in [0, 0.1) is 0 Å². The van der Waals surface area contributed by atoms with Crippen LogP contribution in [0.1, 0.15) is 20.9 Å². The highest BCUT2D eigenvalue weighted by molar-refractivity contribution is 7.14. The molecule has 3 aromatic rings. The van der Waals surface area contributed by atoms with E-state index >= 15 is 0 Å². The predicted molar refractivity (Wildman–Crippen MR) is 113 cm³/mol. The quantitative estimate of drug-likeness (QED) is 0.507. The number of thiazole rings is 1. The van der Waals surface area contributed by atoms with Crippen LogP contribution in [-0.2, 0) is 22.4 Å². The number of aromatic nitrogens is 1. The number of carbonyl (C=O) groups is 3. The van der Waals surface area contributed by atoms with Crippen molar-refractivity contribution >= 4 is 51.2 Å². The van der Waals surface area contributed by atoms with Crippen molar-refractivity contribution in [2.45, 2.75) is 12.8 Å². The summed E-state index contributed by atoms with van der Waals surface area (Å²) in [5.74, 6) is -0.703. The Morgan fingerprint density at radius 1 is 1.10 bits per heavy atom. The van der Waals surface area contributed by atoms with E-state index in [0.29, 0.717) is 22.3 Å². The average molecular weight is 431 g/mol.